The third kappa shape index (κ3) is 5.33. The van der Waals surface area contributed by atoms with Crippen molar-refractivity contribution in [3.63, 3.8) is 0 Å². The smallest absolute Gasteiger partial charge is 0 e. The third-order valence-corrected chi connectivity index (χ3v) is 1.50. The molecule has 0 unspecified atom stereocenters. The summed E-state index contributed by atoms with van der Waals surface area (Å²) in [5.41, 5.74) is 0. The Morgan fingerprint density at radius 2 is 0.500 bits per heavy atom. The second kappa shape index (κ2) is 8.19. The Kier molecular flexibility index (Phi) is 12.2. The SMILES string of the molecule is C1CCCCC1.[Li].[Li]. The van der Waals surface area contributed by atoms with Gasteiger partial charge in [-0.2, -0.15) is 0 Å². The van der Waals surface area contributed by atoms with Gasteiger partial charge >= 0.3 is 0 Å². The van der Waals surface area contributed by atoms with E-state index in [0.29, 0.717) is 0 Å². The minimum atomic E-state index is 0. The molecule has 2 radical (unpaired) electrons. The minimum Gasteiger partial charge on any atom is -0.0533 e. The summed E-state index contributed by atoms with van der Waals surface area (Å²) in [5.74, 6) is 0. The van der Waals surface area contributed by atoms with Gasteiger partial charge in [-0.1, -0.05) is 38.5 Å². The van der Waals surface area contributed by atoms with E-state index in [0.717, 1.165) is 0 Å². The van der Waals surface area contributed by atoms with Crippen molar-refractivity contribution >= 4 is 37.7 Å². The van der Waals surface area contributed by atoms with Gasteiger partial charge in [-0.05, 0) is 0 Å². The molecule has 0 N–H and O–H groups in total. The van der Waals surface area contributed by atoms with Crippen molar-refractivity contribution in [2.24, 2.45) is 0 Å². The zero-order chi connectivity index (χ0) is 4.24. The second-order valence-electron chi connectivity index (χ2n) is 2.12. The van der Waals surface area contributed by atoms with Crippen LogP contribution in [0.4, 0.5) is 0 Å². The average molecular weight is 98.0 g/mol. The zero-order valence-corrected chi connectivity index (χ0v) is 6.24. The molecule has 1 saturated carbocycles. The standard InChI is InChI=1S/C6H12.2Li/c1-2-4-6-5-3-1;;/h1-6H2;;. The van der Waals surface area contributed by atoms with Crippen molar-refractivity contribution < 1.29 is 0 Å². The van der Waals surface area contributed by atoms with Crippen LogP contribution in [0, 0.1) is 0 Å². The van der Waals surface area contributed by atoms with E-state index in [1.807, 2.05) is 0 Å². The summed E-state index contributed by atoms with van der Waals surface area (Å²) >= 11 is 0. The van der Waals surface area contributed by atoms with Crippen molar-refractivity contribution in [1.82, 2.24) is 0 Å². The summed E-state index contributed by atoms with van der Waals surface area (Å²) in [7, 11) is 0. The van der Waals surface area contributed by atoms with E-state index >= 15 is 0 Å². The van der Waals surface area contributed by atoms with Gasteiger partial charge in [-0.25, -0.2) is 0 Å². The van der Waals surface area contributed by atoms with Gasteiger partial charge in [0.05, 0.1) is 0 Å². The predicted octanol–water partition coefficient (Wildman–Crippen LogP) is 1.58. The molecule has 38 valence electrons. The summed E-state index contributed by atoms with van der Waals surface area (Å²) in [6, 6.07) is 0. The molecule has 0 spiro atoms. The molecule has 1 aliphatic rings. The minimum absolute atomic E-state index is 0. The van der Waals surface area contributed by atoms with Crippen LogP contribution in [-0.2, 0) is 0 Å². The predicted molar refractivity (Wildman–Crippen MR) is 39.2 cm³/mol. The first kappa shape index (κ1) is 11.9. The molecule has 0 aromatic carbocycles. The van der Waals surface area contributed by atoms with Crippen LogP contribution in [0.2, 0.25) is 0 Å². The number of rotatable bonds is 0. The fourth-order valence-electron chi connectivity index (χ4n) is 1.06. The van der Waals surface area contributed by atoms with Crippen LogP contribution in [0.5, 0.6) is 0 Å². The van der Waals surface area contributed by atoms with Crippen LogP contribution in [0.25, 0.3) is 0 Å². The van der Waals surface area contributed by atoms with Crippen LogP contribution >= 0.6 is 0 Å². The van der Waals surface area contributed by atoms with E-state index in [2.05, 4.69) is 0 Å². The molecule has 0 amide bonds. The van der Waals surface area contributed by atoms with Crippen molar-refractivity contribution in [3.05, 3.63) is 0 Å². The Morgan fingerprint density at radius 3 is 0.625 bits per heavy atom. The summed E-state index contributed by atoms with van der Waals surface area (Å²) in [6.07, 6.45) is 9.00. The van der Waals surface area contributed by atoms with E-state index in [9.17, 15) is 0 Å². The first-order valence-corrected chi connectivity index (χ1v) is 3.00. The molecule has 1 aliphatic carbocycles. The molecule has 2 heteroatoms. The Balaban J connectivity index is 0. The second-order valence-corrected chi connectivity index (χ2v) is 2.12. The third-order valence-electron chi connectivity index (χ3n) is 1.50. The quantitative estimate of drug-likeness (QED) is 0.403. The van der Waals surface area contributed by atoms with Gasteiger partial charge in [-0.3, -0.25) is 0 Å². The van der Waals surface area contributed by atoms with E-state index in [1.165, 1.54) is 38.5 Å². The van der Waals surface area contributed by atoms with Crippen LogP contribution in [0.3, 0.4) is 0 Å². The topological polar surface area (TPSA) is 0 Å². The normalized spacial score (nSPS) is 18.0. The molecule has 0 aromatic rings. The molecule has 0 bridgehead atoms. The van der Waals surface area contributed by atoms with Crippen molar-refractivity contribution in [2.75, 3.05) is 0 Å². The van der Waals surface area contributed by atoms with E-state index < -0.39 is 0 Å². The Labute approximate surface area is 76.2 Å². The summed E-state index contributed by atoms with van der Waals surface area (Å²) < 4.78 is 0. The molecule has 0 aromatic heterocycles. The largest absolute Gasteiger partial charge is 0.0533 e. The first-order valence-electron chi connectivity index (χ1n) is 3.00. The Bertz CT molecular complexity index is 22.0. The van der Waals surface area contributed by atoms with E-state index in [1.54, 1.807) is 0 Å². The van der Waals surface area contributed by atoms with E-state index in [4.69, 9.17) is 0 Å². The molecule has 0 atom stereocenters. The summed E-state index contributed by atoms with van der Waals surface area (Å²) in [6.45, 7) is 0. The fourth-order valence-corrected chi connectivity index (χ4v) is 1.06. The molecule has 0 nitrogen and oxygen atoms in total. The number of hydrogen-bond acceptors (Lipinski definition) is 0. The maximum Gasteiger partial charge on any atom is 0 e. The maximum atomic E-state index is 1.50. The number of hydrogen-bond donors (Lipinski definition) is 0. The van der Waals surface area contributed by atoms with Gasteiger partial charge in [-0.15, -0.1) is 0 Å². The monoisotopic (exact) mass is 98.1 g/mol. The van der Waals surface area contributed by atoms with Gasteiger partial charge < -0.3 is 0 Å². The van der Waals surface area contributed by atoms with Gasteiger partial charge in [0.1, 0.15) is 0 Å². The van der Waals surface area contributed by atoms with E-state index in [-0.39, 0.29) is 37.7 Å². The molecule has 8 heavy (non-hydrogen) atoms. The van der Waals surface area contributed by atoms with Crippen LogP contribution in [0.1, 0.15) is 38.5 Å². The van der Waals surface area contributed by atoms with Crippen molar-refractivity contribution in [1.29, 1.82) is 0 Å². The fraction of sp³-hybridized carbons (Fsp3) is 1.00. The Hall–Kier alpha value is 1.19. The summed E-state index contributed by atoms with van der Waals surface area (Å²) in [5, 5.41) is 0. The molecular weight excluding hydrogens is 85.9 g/mol. The van der Waals surface area contributed by atoms with Crippen LogP contribution < -0.4 is 0 Å². The van der Waals surface area contributed by atoms with Gasteiger partial charge in [0.25, 0.3) is 0 Å². The van der Waals surface area contributed by atoms with Crippen molar-refractivity contribution in [3.8, 4) is 0 Å². The van der Waals surface area contributed by atoms with Gasteiger partial charge in [0.2, 0.25) is 0 Å². The molecule has 0 heterocycles. The Morgan fingerprint density at radius 1 is 0.375 bits per heavy atom. The van der Waals surface area contributed by atoms with Crippen LogP contribution in [-0.4, -0.2) is 37.7 Å². The first-order chi connectivity index (χ1) is 3.00. The van der Waals surface area contributed by atoms with Gasteiger partial charge in [0.15, 0.2) is 0 Å². The molecule has 1 rings (SSSR count). The maximum absolute atomic E-state index is 1.50. The summed E-state index contributed by atoms with van der Waals surface area (Å²) in [4.78, 5) is 0. The van der Waals surface area contributed by atoms with Crippen LogP contribution in [0.15, 0.2) is 0 Å². The molecule has 0 aliphatic heterocycles. The zero-order valence-electron chi connectivity index (χ0n) is 6.24. The van der Waals surface area contributed by atoms with Crippen molar-refractivity contribution in [2.45, 2.75) is 38.5 Å². The van der Waals surface area contributed by atoms with Gasteiger partial charge in [0, 0.05) is 37.7 Å². The molecule has 1 fully saturated rings. The average Bonchev–Trinajstić information content (AvgIpc) is 1.72. The molecule has 0 saturated heterocycles. The molecular formula is C6H12Li2.